The molecule has 4 aromatic rings. The monoisotopic (exact) mass is 455 g/mol. The van der Waals surface area contributed by atoms with Crippen LogP contribution in [0.25, 0.3) is 27.2 Å². The Hall–Kier alpha value is -3.02. The Morgan fingerprint density at radius 1 is 0.939 bits per heavy atom. The predicted molar refractivity (Wildman–Crippen MR) is 127 cm³/mol. The summed E-state index contributed by atoms with van der Waals surface area (Å²) in [6, 6.07) is 8.80. The Kier molecular flexibility index (Phi) is 7.53. The number of nitrogens with one attached hydrogen (secondary N) is 3. The van der Waals surface area contributed by atoms with Crippen molar-refractivity contribution in [2.24, 2.45) is 0 Å². The lowest BCUT2D eigenvalue weighted by Crippen LogP contribution is -2.25. The van der Waals surface area contributed by atoms with Crippen LogP contribution in [0.1, 0.15) is 5.69 Å². The minimum atomic E-state index is -0.246. The maximum absolute atomic E-state index is 13.5. The van der Waals surface area contributed by atoms with Gasteiger partial charge in [0.25, 0.3) is 0 Å². The van der Waals surface area contributed by atoms with Crippen LogP contribution in [0.4, 0.5) is 5.69 Å². The van der Waals surface area contributed by atoms with Crippen molar-refractivity contribution in [3.63, 3.8) is 0 Å². The van der Waals surface area contributed by atoms with E-state index in [1.165, 1.54) is 6.07 Å². The molecule has 0 atom stereocenters. The highest BCUT2D eigenvalue weighted by Gasteiger charge is 2.21. The van der Waals surface area contributed by atoms with Gasteiger partial charge in [0.15, 0.2) is 0 Å². The lowest BCUT2D eigenvalue weighted by Gasteiger charge is -2.12. The molecule has 6 N–H and O–H groups in total. The summed E-state index contributed by atoms with van der Waals surface area (Å²) in [6.45, 7) is 3.60. The molecule has 33 heavy (non-hydrogen) atoms. The van der Waals surface area contributed by atoms with Gasteiger partial charge in [-0.3, -0.25) is 4.79 Å². The number of hydrogen-bond donors (Lipinski definition) is 6. The van der Waals surface area contributed by atoms with Gasteiger partial charge in [-0.15, -0.1) is 0 Å². The third-order valence-corrected chi connectivity index (χ3v) is 5.48. The number of aromatic nitrogens is 2. The summed E-state index contributed by atoms with van der Waals surface area (Å²) in [6.07, 6.45) is 0. The number of aliphatic hydroxyl groups excluding tert-OH is 2. The zero-order chi connectivity index (χ0) is 23.2. The summed E-state index contributed by atoms with van der Waals surface area (Å²) < 4.78 is 7.01. The van der Waals surface area contributed by atoms with Gasteiger partial charge in [-0.1, -0.05) is 6.07 Å². The van der Waals surface area contributed by atoms with E-state index in [2.05, 4.69) is 16.0 Å². The first kappa shape index (κ1) is 23.1. The molecule has 2 aromatic heterocycles. The number of phenolic OH excluding ortho intramolecular Hbond substituents is 1. The Morgan fingerprint density at radius 3 is 2.64 bits per heavy atom. The van der Waals surface area contributed by atoms with Crippen molar-refractivity contribution in [2.75, 3.05) is 57.9 Å². The van der Waals surface area contributed by atoms with E-state index >= 15 is 0 Å². The summed E-state index contributed by atoms with van der Waals surface area (Å²) >= 11 is 0. The van der Waals surface area contributed by atoms with Crippen LogP contribution in [0, 0.1) is 0 Å². The van der Waals surface area contributed by atoms with E-state index in [1.807, 2.05) is 12.1 Å². The first-order valence-corrected chi connectivity index (χ1v) is 11.0. The van der Waals surface area contributed by atoms with Gasteiger partial charge >= 0.3 is 0 Å². The van der Waals surface area contributed by atoms with Crippen LogP contribution in [0.2, 0.25) is 0 Å². The van der Waals surface area contributed by atoms with Crippen LogP contribution in [0.15, 0.2) is 35.1 Å². The van der Waals surface area contributed by atoms with E-state index in [9.17, 15) is 9.90 Å². The van der Waals surface area contributed by atoms with Gasteiger partial charge in [-0.2, -0.15) is 5.10 Å². The molecular formula is C23H29N5O5. The number of aromatic hydroxyl groups is 1. The second-order valence-corrected chi connectivity index (χ2v) is 7.66. The highest BCUT2D eigenvalue weighted by molar-refractivity contribution is 6.09. The van der Waals surface area contributed by atoms with Crippen LogP contribution in [0.3, 0.4) is 0 Å². The number of phenols is 1. The number of fused-ring (bicyclic) bond motifs is 2. The standard InChI is InChI=1S/C23H29N5O5/c29-10-8-24-6-7-26-16-5-4-15-17(14-25-9-12-33-13-11-30)27-28-18-2-1-3-19(31)21(18)23(32)20(16)22(15)28/h1-5,24-26,29-31H,6-14H2. The predicted octanol–water partition coefficient (Wildman–Crippen LogP) is 0.237. The summed E-state index contributed by atoms with van der Waals surface area (Å²) in [5, 5.41) is 44.2. The van der Waals surface area contributed by atoms with Crippen molar-refractivity contribution in [1.82, 2.24) is 20.2 Å². The number of benzene rings is 2. The quantitative estimate of drug-likeness (QED) is 0.124. The molecule has 10 nitrogen and oxygen atoms in total. The fourth-order valence-electron chi connectivity index (χ4n) is 4.02. The zero-order valence-electron chi connectivity index (χ0n) is 18.3. The van der Waals surface area contributed by atoms with Gasteiger partial charge in [-0.25, -0.2) is 4.52 Å². The van der Waals surface area contributed by atoms with E-state index in [0.29, 0.717) is 68.0 Å². The molecule has 0 fully saturated rings. The fourth-order valence-corrected chi connectivity index (χ4v) is 4.02. The van der Waals surface area contributed by atoms with E-state index in [1.54, 1.807) is 16.6 Å². The van der Waals surface area contributed by atoms with E-state index < -0.39 is 0 Å². The second kappa shape index (κ2) is 10.7. The molecule has 0 unspecified atom stereocenters. The number of nitrogens with zero attached hydrogens (tertiary/aromatic N) is 2. The average molecular weight is 456 g/mol. The molecule has 2 aromatic carbocycles. The molecule has 0 aliphatic rings. The molecule has 0 amide bonds. The van der Waals surface area contributed by atoms with Crippen molar-refractivity contribution in [3.8, 4) is 5.75 Å². The lowest BCUT2D eigenvalue weighted by atomic mass is 10.0. The molecule has 2 heterocycles. The molecule has 176 valence electrons. The van der Waals surface area contributed by atoms with Gasteiger partial charge in [-0.05, 0) is 24.3 Å². The molecule has 0 aliphatic carbocycles. The smallest absolute Gasteiger partial charge is 0.203 e. The maximum atomic E-state index is 13.5. The van der Waals surface area contributed by atoms with Crippen molar-refractivity contribution in [3.05, 3.63) is 46.2 Å². The van der Waals surface area contributed by atoms with Gasteiger partial charge in [0.2, 0.25) is 5.43 Å². The Balaban J connectivity index is 1.73. The number of aliphatic hydroxyl groups is 2. The molecule has 0 radical (unpaired) electrons. The van der Waals surface area contributed by atoms with Gasteiger partial charge in [0, 0.05) is 43.8 Å². The largest absolute Gasteiger partial charge is 0.507 e. The van der Waals surface area contributed by atoms with Crippen LogP contribution >= 0.6 is 0 Å². The molecule has 0 aliphatic heterocycles. The maximum Gasteiger partial charge on any atom is 0.203 e. The number of hydrogen-bond acceptors (Lipinski definition) is 9. The number of ether oxygens (including phenoxy) is 1. The molecular weight excluding hydrogens is 426 g/mol. The third-order valence-electron chi connectivity index (χ3n) is 5.48. The average Bonchev–Trinajstić information content (AvgIpc) is 3.19. The number of anilines is 1. The third kappa shape index (κ3) is 4.70. The second-order valence-electron chi connectivity index (χ2n) is 7.66. The first-order valence-electron chi connectivity index (χ1n) is 11.0. The highest BCUT2D eigenvalue weighted by atomic mass is 16.5. The lowest BCUT2D eigenvalue weighted by molar-refractivity contribution is 0.0937. The molecule has 0 saturated carbocycles. The van der Waals surface area contributed by atoms with Crippen molar-refractivity contribution in [2.45, 2.75) is 6.54 Å². The SMILES string of the molecule is O=c1c2c(O)cccc2n2nc(CNCCOCCO)c3ccc(NCCNCCO)c1c32. The summed E-state index contributed by atoms with van der Waals surface area (Å²) in [5.41, 5.74) is 2.47. The van der Waals surface area contributed by atoms with Gasteiger partial charge in [0.05, 0.1) is 53.9 Å². The van der Waals surface area contributed by atoms with Gasteiger partial charge < -0.3 is 36.0 Å². The Labute approximate surface area is 190 Å². The van der Waals surface area contributed by atoms with Crippen LogP contribution in [-0.2, 0) is 11.3 Å². The van der Waals surface area contributed by atoms with Crippen LogP contribution in [0.5, 0.6) is 5.75 Å². The first-order chi connectivity index (χ1) is 16.2. The summed E-state index contributed by atoms with van der Waals surface area (Å²) in [4.78, 5) is 13.5. The summed E-state index contributed by atoms with van der Waals surface area (Å²) in [7, 11) is 0. The molecule has 0 spiro atoms. The minimum Gasteiger partial charge on any atom is -0.507 e. The van der Waals surface area contributed by atoms with Crippen LogP contribution < -0.4 is 21.4 Å². The highest BCUT2D eigenvalue weighted by Crippen LogP contribution is 2.33. The summed E-state index contributed by atoms with van der Waals surface area (Å²) in [5.74, 6) is -0.0769. The molecule has 4 rings (SSSR count). The Morgan fingerprint density at radius 2 is 1.82 bits per heavy atom. The normalized spacial score (nSPS) is 11.8. The fraction of sp³-hybridized carbons (Fsp3) is 0.391. The van der Waals surface area contributed by atoms with Gasteiger partial charge in [0.1, 0.15) is 5.75 Å². The van der Waals surface area contributed by atoms with Crippen molar-refractivity contribution >= 4 is 32.9 Å². The van der Waals surface area contributed by atoms with Crippen molar-refractivity contribution in [1.29, 1.82) is 0 Å². The molecule has 10 heteroatoms. The topological polar surface area (TPSA) is 140 Å². The zero-order valence-corrected chi connectivity index (χ0v) is 18.3. The molecule has 0 bridgehead atoms. The molecule has 0 saturated heterocycles. The minimum absolute atomic E-state index is 0.00797. The van der Waals surface area contributed by atoms with Crippen molar-refractivity contribution < 1.29 is 20.1 Å². The number of pyridine rings is 1. The number of rotatable bonds is 13. The van der Waals surface area contributed by atoms with E-state index in [4.69, 9.17) is 20.0 Å². The Bertz CT molecular complexity index is 1280. The van der Waals surface area contributed by atoms with Crippen LogP contribution in [-0.4, -0.2) is 77.5 Å². The van der Waals surface area contributed by atoms with E-state index in [0.717, 1.165) is 11.1 Å². The van der Waals surface area contributed by atoms with E-state index in [-0.39, 0.29) is 29.8 Å².